The van der Waals surface area contributed by atoms with Gasteiger partial charge in [-0.15, -0.1) is 0 Å². The highest BCUT2D eigenvalue weighted by Gasteiger charge is 2.55. The van der Waals surface area contributed by atoms with Crippen LogP contribution in [0.4, 0.5) is 4.79 Å². The lowest BCUT2D eigenvalue weighted by atomic mass is 9.93. The Morgan fingerprint density at radius 3 is 2.34 bits per heavy atom. The van der Waals surface area contributed by atoms with E-state index in [0.717, 1.165) is 5.56 Å². The van der Waals surface area contributed by atoms with Gasteiger partial charge in [0.05, 0.1) is 0 Å². The Hall–Kier alpha value is -3.35. The van der Waals surface area contributed by atoms with Gasteiger partial charge in [-0.1, -0.05) is 60.7 Å². The first-order valence-electron chi connectivity index (χ1n) is 9.39. The van der Waals surface area contributed by atoms with Crippen LogP contribution < -0.4 is 0 Å². The summed E-state index contributed by atoms with van der Waals surface area (Å²) < 4.78 is 11.0. The van der Waals surface area contributed by atoms with E-state index in [1.807, 2.05) is 36.4 Å². The van der Waals surface area contributed by atoms with E-state index in [9.17, 15) is 14.4 Å². The topological polar surface area (TPSA) is 93.1 Å². The number of esters is 1. The van der Waals surface area contributed by atoms with Crippen molar-refractivity contribution in [2.45, 2.75) is 44.6 Å². The predicted molar refractivity (Wildman–Crippen MR) is 104 cm³/mol. The number of hydrogen-bond donors (Lipinski definition) is 1. The van der Waals surface area contributed by atoms with Crippen LogP contribution in [-0.2, 0) is 25.7 Å². The second kappa shape index (κ2) is 8.77. The Morgan fingerprint density at radius 1 is 1.10 bits per heavy atom. The summed E-state index contributed by atoms with van der Waals surface area (Å²) in [6.07, 6.45) is -1.34. The average Bonchev–Trinajstić information content (AvgIpc) is 2.98. The highest BCUT2D eigenvalue weighted by Crippen LogP contribution is 2.41. The Kier molecular flexibility index (Phi) is 6.16. The average molecular weight is 397 g/mol. The highest BCUT2D eigenvalue weighted by atomic mass is 16.6. The smallest absolute Gasteiger partial charge is 0.414 e. The molecular formula is C22H23NO6. The number of hydrogen-bond acceptors (Lipinski definition) is 5. The van der Waals surface area contributed by atoms with Crippen LogP contribution in [0.15, 0.2) is 60.7 Å². The lowest BCUT2D eigenvalue weighted by Crippen LogP contribution is -2.49. The minimum Gasteiger partial charge on any atom is -0.481 e. The minimum atomic E-state index is -1.32. The molecule has 3 rings (SSSR count). The third-order valence-corrected chi connectivity index (χ3v) is 4.97. The van der Waals surface area contributed by atoms with Gasteiger partial charge in [0.2, 0.25) is 6.23 Å². The van der Waals surface area contributed by atoms with Crippen molar-refractivity contribution in [1.29, 1.82) is 0 Å². The van der Waals surface area contributed by atoms with Gasteiger partial charge in [0.15, 0.2) is 0 Å². The second-order valence-electron chi connectivity index (χ2n) is 7.10. The Bertz CT molecular complexity index is 869. The number of rotatable bonds is 7. The van der Waals surface area contributed by atoms with Crippen LogP contribution in [0.2, 0.25) is 0 Å². The van der Waals surface area contributed by atoms with E-state index >= 15 is 0 Å². The van der Waals surface area contributed by atoms with Gasteiger partial charge < -0.3 is 14.6 Å². The predicted octanol–water partition coefficient (Wildman–Crippen LogP) is 3.89. The number of aliphatic carboxylic acids is 1. The Morgan fingerprint density at radius 2 is 1.72 bits per heavy atom. The number of nitrogens with zero attached hydrogens (tertiary/aromatic N) is 1. The number of carboxylic acids is 1. The van der Waals surface area contributed by atoms with Crippen LogP contribution in [-0.4, -0.2) is 33.6 Å². The normalized spacial score (nSPS) is 20.9. The molecule has 7 nitrogen and oxygen atoms in total. The van der Waals surface area contributed by atoms with Gasteiger partial charge in [0.25, 0.3) is 0 Å². The second-order valence-corrected chi connectivity index (χ2v) is 7.10. The maximum absolute atomic E-state index is 13.0. The molecule has 0 unspecified atom stereocenters. The molecule has 0 spiro atoms. The summed E-state index contributed by atoms with van der Waals surface area (Å²) in [7, 11) is 0. The summed E-state index contributed by atoms with van der Waals surface area (Å²) in [6, 6.07) is 18.1. The molecule has 1 saturated heterocycles. The lowest BCUT2D eigenvalue weighted by molar-refractivity contribution is -0.146. The third-order valence-electron chi connectivity index (χ3n) is 4.97. The zero-order valence-electron chi connectivity index (χ0n) is 16.1. The molecule has 0 radical (unpaired) electrons. The number of carboxylic acid groups (broad SMARTS) is 1. The molecule has 0 saturated carbocycles. The highest BCUT2D eigenvalue weighted by molar-refractivity contribution is 5.88. The summed E-state index contributed by atoms with van der Waals surface area (Å²) >= 11 is 0. The molecule has 1 aliphatic rings. The molecule has 2 aromatic rings. The van der Waals surface area contributed by atoms with E-state index in [1.54, 1.807) is 31.2 Å². The van der Waals surface area contributed by atoms with E-state index < -0.39 is 29.8 Å². The number of carbonyl (C=O) groups excluding carboxylic acids is 2. The van der Waals surface area contributed by atoms with Crippen molar-refractivity contribution in [3.8, 4) is 0 Å². The van der Waals surface area contributed by atoms with Crippen molar-refractivity contribution in [3.05, 3.63) is 71.8 Å². The molecule has 1 aliphatic heterocycles. The van der Waals surface area contributed by atoms with Gasteiger partial charge in [0, 0.05) is 12.0 Å². The summed E-state index contributed by atoms with van der Waals surface area (Å²) in [5.74, 6) is -1.54. The van der Waals surface area contributed by atoms with Crippen LogP contribution in [0.3, 0.4) is 0 Å². The van der Waals surface area contributed by atoms with Gasteiger partial charge >= 0.3 is 18.0 Å². The van der Waals surface area contributed by atoms with E-state index in [1.165, 1.54) is 4.90 Å². The van der Waals surface area contributed by atoms with Crippen molar-refractivity contribution in [2.24, 2.45) is 0 Å². The molecule has 1 amide bonds. The third kappa shape index (κ3) is 4.56. The van der Waals surface area contributed by atoms with E-state index in [-0.39, 0.29) is 25.9 Å². The molecule has 2 atom stereocenters. The van der Waals surface area contributed by atoms with Crippen molar-refractivity contribution in [1.82, 2.24) is 4.90 Å². The number of amides is 1. The number of cyclic esters (lactones) is 1. The van der Waals surface area contributed by atoms with Crippen molar-refractivity contribution in [3.63, 3.8) is 0 Å². The Labute approximate surface area is 168 Å². The summed E-state index contributed by atoms with van der Waals surface area (Å²) in [5, 5.41) is 8.93. The summed E-state index contributed by atoms with van der Waals surface area (Å²) in [5.41, 5.74) is 0.139. The first-order valence-corrected chi connectivity index (χ1v) is 9.39. The van der Waals surface area contributed by atoms with Gasteiger partial charge in [-0.25, -0.2) is 9.59 Å². The van der Waals surface area contributed by atoms with Crippen molar-refractivity contribution >= 4 is 18.0 Å². The van der Waals surface area contributed by atoms with Crippen LogP contribution in [0.25, 0.3) is 0 Å². The fourth-order valence-corrected chi connectivity index (χ4v) is 3.37. The first kappa shape index (κ1) is 20.4. The molecule has 29 heavy (non-hydrogen) atoms. The maximum atomic E-state index is 13.0. The number of carbonyl (C=O) groups is 3. The summed E-state index contributed by atoms with van der Waals surface area (Å²) in [4.78, 5) is 37.9. The van der Waals surface area contributed by atoms with Gasteiger partial charge in [-0.3, -0.25) is 9.69 Å². The molecule has 1 heterocycles. The van der Waals surface area contributed by atoms with Crippen LogP contribution in [0, 0.1) is 0 Å². The molecule has 2 aromatic carbocycles. The van der Waals surface area contributed by atoms with Crippen LogP contribution in [0.5, 0.6) is 0 Å². The van der Waals surface area contributed by atoms with Crippen LogP contribution in [0.1, 0.15) is 43.5 Å². The van der Waals surface area contributed by atoms with Crippen molar-refractivity contribution in [2.75, 3.05) is 0 Å². The number of ether oxygens (including phenoxy) is 2. The molecule has 1 N–H and O–H groups in total. The van der Waals surface area contributed by atoms with E-state index in [4.69, 9.17) is 14.6 Å². The van der Waals surface area contributed by atoms with Gasteiger partial charge in [-0.05, 0) is 25.3 Å². The van der Waals surface area contributed by atoms with E-state index in [2.05, 4.69) is 0 Å². The van der Waals surface area contributed by atoms with Crippen molar-refractivity contribution < 1.29 is 29.0 Å². The van der Waals surface area contributed by atoms with Gasteiger partial charge in [0.1, 0.15) is 12.1 Å². The summed E-state index contributed by atoms with van der Waals surface area (Å²) in [6.45, 7) is 1.64. The lowest BCUT2D eigenvalue weighted by Gasteiger charge is -2.32. The fourth-order valence-electron chi connectivity index (χ4n) is 3.37. The quantitative estimate of drug-likeness (QED) is 0.713. The van der Waals surface area contributed by atoms with Crippen LogP contribution >= 0.6 is 0 Å². The SMILES string of the molecule is C[C@@]1(CCCC(=O)O)C(=O)O[C@@H](c2ccccc2)N1C(=O)OCc1ccccc1. The largest absolute Gasteiger partial charge is 0.481 e. The zero-order valence-corrected chi connectivity index (χ0v) is 16.1. The first-order chi connectivity index (χ1) is 13.9. The minimum absolute atomic E-state index is 0.0527. The molecule has 0 aromatic heterocycles. The molecule has 0 bridgehead atoms. The molecule has 0 aliphatic carbocycles. The number of benzene rings is 2. The Balaban J connectivity index is 1.84. The standard InChI is InChI=1S/C22H23NO6/c1-22(14-8-13-18(24)25)20(26)29-19(17-11-6-3-7-12-17)23(22)21(27)28-15-16-9-4-2-5-10-16/h2-7,9-12,19H,8,13-15H2,1H3,(H,24,25)/t19-,22+/m0/s1. The maximum Gasteiger partial charge on any atom is 0.414 e. The monoisotopic (exact) mass is 397 g/mol. The molecule has 152 valence electrons. The fraction of sp³-hybridized carbons (Fsp3) is 0.318. The zero-order chi connectivity index (χ0) is 20.9. The van der Waals surface area contributed by atoms with E-state index in [0.29, 0.717) is 5.56 Å². The molecular weight excluding hydrogens is 374 g/mol. The van der Waals surface area contributed by atoms with Gasteiger partial charge in [-0.2, -0.15) is 0 Å². The molecule has 1 fully saturated rings. The molecule has 7 heteroatoms.